The normalized spacial score (nSPS) is 35.3. The minimum Gasteiger partial charge on any atom is -0.375 e. The van der Waals surface area contributed by atoms with E-state index >= 15 is 0 Å². The van der Waals surface area contributed by atoms with Crippen LogP contribution in [-0.2, 0) is 9.53 Å². The lowest BCUT2D eigenvalue weighted by Gasteiger charge is -2.48. The van der Waals surface area contributed by atoms with E-state index in [2.05, 4.69) is 16.1 Å². The van der Waals surface area contributed by atoms with Gasteiger partial charge >= 0.3 is 0 Å². The molecule has 1 amide bonds. The average molecular weight is 236 g/mol. The molecule has 0 aromatic heterocycles. The van der Waals surface area contributed by atoms with Crippen LogP contribution in [0.3, 0.4) is 0 Å². The fourth-order valence-electron chi connectivity index (χ4n) is 2.95. The van der Waals surface area contributed by atoms with Crippen molar-refractivity contribution in [3.8, 4) is 12.3 Å². The molecule has 0 aromatic rings. The van der Waals surface area contributed by atoms with Crippen LogP contribution in [0.25, 0.3) is 0 Å². The number of fused-ring (bicyclic) bond motifs is 3. The Morgan fingerprint density at radius 2 is 2.47 bits per heavy atom. The number of piperidine rings is 3. The molecule has 3 heterocycles. The summed E-state index contributed by atoms with van der Waals surface area (Å²) in [6, 6.07) is 0.458. The number of hydrogen-bond acceptors (Lipinski definition) is 3. The molecule has 2 bridgehead atoms. The fraction of sp³-hybridized carbons (Fsp3) is 0.769. The maximum atomic E-state index is 11.3. The van der Waals surface area contributed by atoms with Gasteiger partial charge in [-0.05, 0) is 25.3 Å². The Balaban J connectivity index is 1.81. The predicted molar refractivity (Wildman–Crippen MR) is 65.3 cm³/mol. The molecule has 4 heteroatoms. The van der Waals surface area contributed by atoms with E-state index < -0.39 is 0 Å². The van der Waals surface area contributed by atoms with Crippen LogP contribution in [0, 0.1) is 24.2 Å². The van der Waals surface area contributed by atoms with Crippen LogP contribution >= 0.6 is 0 Å². The van der Waals surface area contributed by atoms with Crippen LogP contribution in [0.1, 0.15) is 12.8 Å². The third-order valence-electron chi connectivity index (χ3n) is 3.90. The van der Waals surface area contributed by atoms with Crippen LogP contribution < -0.4 is 5.32 Å². The summed E-state index contributed by atoms with van der Waals surface area (Å²) in [4.78, 5) is 13.7. The van der Waals surface area contributed by atoms with Gasteiger partial charge in [-0.25, -0.2) is 0 Å². The van der Waals surface area contributed by atoms with E-state index in [9.17, 15) is 4.79 Å². The molecule has 3 fully saturated rings. The van der Waals surface area contributed by atoms with Crippen molar-refractivity contribution >= 4 is 5.91 Å². The number of hydrogen-bond donors (Lipinski definition) is 1. The van der Waals surface area contributed by atoms with Crippen LogP contribution in [0.2, 0.25) is 0 Å². The number of ether oxygens (including phenoxy) is 1. The molecule has 1 N–H and O–H groups in total. The van der Waals surface area contributed by atoms with Gasteiger partial charge in [0.15, 0.2) is 0 Å². The van der Waals surface area contributed by atoms with Crippen LogP contribution in [0.4, 0.5) is 0 Å². The lowest BCUT2D eigenvalue weighted by molar-refractivity contribution is -0.125. The van der Waals surface area contributed by atoms with E-state index in [1.165, 1.54) is 13.5 Å². The zero-order chi connectivity index (χ0) is 12.3. The zero-order valence-electron chi connectivity index (χ0n) is 10.3. The number of carbonyl (C=O) groups excluding carboxylic acids is 1. The van der Waals surface area contributed by atoms with Gasteiger partial charge in [0, 0.05) is 32.2 Å². The van der Waals surface area contributed by atoms with Gasteiger partial charge in [0.05, 0.1) is 0 Å². The fourth-order valence-corrected chi connectivity index (χ4v) is 2.95. The first kappa shape index (κ1) is 12.4. The van der Waals surface area contributed by atoms with Gasteiger partial charge in [-0.3, -0.25) is 9.69 Å². The van der Waals surface area contributed by atoms with Crippen molar-refractivity contribution in [3.63, 3.8) is 0 Å². The summed E-state index contributed by atoms with van der Waals surface area (Å²) < 4.78 is 4.79. The number of nitrogens with zero attached hydrogens (tertiary/aromatic N) is 1. The molecule has 3 rings (SSSR count). The van der Waals surface area contributed by atoms with Crippen LogP contribution in [-0.4, -0.2) is 50.2 Å². The number of nitrogens with one attached hydrogen (secondary N) is 1. The van der Waals surface area contributed by atoms with Crippen LogP contribution in [0.15, 0.2) is 0 Å². The second-order valence-corrected chi connectivity index (χ2v) is 4.94. The molecule has 0 saturated carbocycles. The van der Waals surface area contributed by atoms with Crippen LogP contribution in [0.5, 0.6) is 0 Å². The highest BCUT2D eigenvalue weighted by atomic mass is 16.5. The smallest absolute Gasteiger partial charge is 0.246 e. The number of terminal acetylenes is 1. The van der Waals surface area contributed by atoms with E-state index in [1.54, 1.807) is 0 Å². The molecular weight excluding hydrogens is 216 g/mol. The van der Waals surface area contributed by atoms with Gasteiger partial charge in [-0.15, -0.1) is 12.3 Å². The molecule has 4 nitrogen and oxygen atoms in total. The molecule has 0 aromatic carbocycles. The number of amides is 1. The minimum atomic E-state index is -0.0383. The molecule has 94 valence electrons. The summed E-state index contributed by atoms with van der Waals surface area (Å²) >= 11 is 0. The summed E-state index contributed by atoms with van der Waals surface area (Å²) in [6.45, 7) is 2.97. The van der Waals surface area contributed by atoms with Gasteiger partial charge in [0.2, 0.25) is 5.91 Å². The molecule has 4 atom stereocenters. The van der Waals surface area contributed by atoms with Gasteiger partial charge < -0.3 is 10.1 Å². The molecule has 0 spiro atoms. The van der Waals surface area contributed by atoms with Crippen molar-refractivity contribution < 1.29 is 9.53 Å². The first-order valence-corrected chi connectivity index (χ1v) is 6.20. The summed E-state index contributed by atoms with van der Waals surface area (Å²) in [7, 11) is 1.53. The second kappa shape index (κ2) is 5.52. The molecule has 4 unspecified atom stereocenters. The van der Waals surface area contributed by atoms with Crippen molar-refractivity contribution in [1.29, 1.82) is 0 Å². The maximum Gasteiger partial charge on any atom is 0.246 e. The van der Waals surface area contributed by atoms with Gasteiger partial charge in [-0.1, -0.05) is 0 Å². The zero-order valence-corrected chi connectivity index (χ0v) is 10.3. The van der Waals surface area contributed by atoms with E-state index in [0.29, 0.717) is 17.9 Å². The lowest BCUT2D eigenvalue weighted by atomic mass is 9.76. The lowest BCUT2D eigenvalue weighted by Crippen LogP contribution is -2.56. The third-order valence-corrected chi connectivity index (χ3v) is 3.90. The molecule has 3 aliphatic rings. The van der Waals surface area contributed by atoms with Crippen molar-refractivity contribution in [2.75, 3.05) is 33.4 Å². The SMILES string of the molecule is C#CC1CN2CCC1CC2CNC(=O)COC. The Morgan fingerprint density at radius 1 is 1.65 bits per heavy atom. The Bertz CT molecular complexity index is 324. The van der Waals surface area contributed by atoms with Gasteiger partial charge in [0.25, 0.3) is 0 Å². The summed E-state index contributed by atoms with van der Waals surface area (Å²) in [5.74, 6) is 3.91. The molecule has 0 radical (unpaired) electrons. The van der Waals surface area contributed by atoms with Crippen molar-refractivity contribution in [2.45, 2.75) is 18.9 Å². The Morgan fingerprint density at radius 3 is 3.06 bits per heavy atom. The van der Waals surface area contributed by atoms with E-state index in [1.807, 2.05) is 0 Å². The molecule has 0 aliphatic carbocycles. The van der Waals surface area contributed by atoms with Crippen molar-refractivity contribution in [2.24, 2.45) is 11.8 Å². The minimum absolute atomic E-state index is 0.0383. The van der Waals surface area contributed by atoms with Gasteiger partial charge in [0.1, 0.15) is 6.61 Å². The Labute approximate surface area is 103 Å². The van der Waals surface area contributed by atoms with E-state index in [0.717, 1.165) is 26.1 Å². The molecule has 3 aliphatic heterocycles. The largest absolute Gasteiger partial charge is 0.375 e. The monoisotopic (exact) mass is 236 g/mol. The number of methoxy groups -OCH3 is 1. The molecule has 17 heavy (non-hydrogen) atoms. The first-order chi connectivity index (χ1) is 8.24. The first-order valence-electron chi connectivity index (χ1n) is 6.20. The maximum absolute atomic E-state index is 11.3. The van der Waals surface area contributed by atoms with Gasteiger partial charge in [-0.2, -0.15) is 0 Å². The number of rotatable bonds is 4. The summed E-state index contributed by atoms with van der Waals surface area (Å²) in [5, 5.41) is 2.91. The van der Waals surface area contributed by atoms with Crippen molar-refractivity contribution in [1.82, 2.24) is 10.2 Å². The Hall–Kier alpha value is -1.05. The highest BCUT2D eigenvalue weighted by molar-refractivity contribution is 5.77. The van der Waals surface area contributed by atoms with E-state index in [4.69, 9.17) is 11.2 Å². The Kier molecular flexibility index (Phi) is 4.03. The quantitative estimate of drug-likeness (QED) is 0.704. The standard InChI is InChI=1S/C13H20N2O2/c1-3-10-8-15-5-4-11(10)6-12(15)7-14-13(16)9-17-2/h1,10-12H,4-9H2,2H3,(H,14,16). The predicted octanol–water partition coefficient (Wildman–Crippen LogP) is 0.0926. The second-order valence-electron chi connectivity index (χ2n) is 4.94. The summed E-state index contributed by atoms with van der Waals surface area (Å²) in [5.41, 5.74) is 0. The average Bonchev–Trinajstić information content (AvgIpc) is 2.37. The highest BCUT2D eigenvalue weighted by Gasteiger charge is 2.39. The highest BCUT2D eigenvalue weighted by Crippen LogP contribution is 2.35. The molecular formula is C13H20N2O2. The topological polar surface area (TPSA) is 41.6 Å². The number of carbonyl (C=O) groups is 1. The van der Waals surface area contributed by atoms with Crippen molar-refractivity contribution in [3.05, 3.63) is 0 Å². The van der Waals surface area contributed by atoms with E-state index in [-0.39, 0.29) is 12.5 Å². The summed E-state index contributed by atoms with van der Waals surface area (Å²) in [6.07, 6.45) is 7.85. The molecule has 3 saturated heterocycles. The third kappa shape index (κ3) is 2.80.